The molecule has 1 aromatic rings. The Morgan fingerprint density at radius 3 is 3.12 bits per heavy atom. The lowest BCUT2D eigenvalue weighted by molar-refractivity contribution is 0.112. The van der Waals surface area contributed by atoms with E-state index in [2.05, 4.69) is 17.9 Å². The molecule has 16 heavy (non-hydrogen) atoms. The number of carbonyl (C=O) groups is 1. The Bertz CT molecular complexity index is 362. The largest absolute Gasteiger partial charge is 0.299 e. The minimum absolute atomic E-state index is 0.780. The Hall–Kier alpha value is -1.15. The lowest BCUT2D eigenvalue weighted by Crippen LogP contribution is -2.33. The Morgan fingerprint density at radius 2 is 2.38 bits per heavy atom. The Labute approximate surface area is 97.3 Å². The van der Waals surface area contributed by atoms with Crippen LogP contribution in [-0.2, 0) is 6.54 Å². The standard InChI is InChI=1S/C14H19NO/c1-12-4-3-7-15(9-12)10-13-5-2-6-14(8-13)11-16/h2,5-6,8,11-12H,3-4,7,9-10H2,1H3. The number of aldehydes is 1. The predicted molar refractivity (Wildman–Crippen MR) is 65.5 cm³/mol. The van der Waals surface area contributed by atoms with Crippen LogP contribution in [0.1, 0.15) is 35.7 Å². The normalized spacial score (nSPS) is 21.9. The van der Waals surface area contributed by atoms with Crippen molar-refractivity contribution < 1.29 is 4.79 Å². The SMILES string of the molecule is CC1CCCN(Cc2cccc(C=O)c2)C1. The molecule has 1 saturated heterocycles. The zero-order valence-electron chi connectivity index (χ0n) is 9.86. The number of hydrogen-bond donors (Lipinski definition) is 0. The highest BCUT2D eigenvalue weighted by Crippen LogP contribution is 2.17. The molecule has 0 aliphatic carbocycles. The minimum Gasteiger partial charge on any atom is -0.299 e. The fraction of sp³-hybridized carbons (Fsp3) is 0.500. The molecule has 0 aromatic heterocycles. The summed E-state index contributed by atoms with van der Waals surface area (Å²) >= 11 is 0. The fourth-order valence-corrected chi connectivity index (χ4v) is 2.45. The van der Waals surface area contributed by atoms with Gasteiger partial charge in [-0.15, -0.1) is 0 Å². The molecule has 0 spiro atoms. The summed E-state index contributed by atoms with van der Waals surface area (Å²) in [6.45, 7) is 5.67. The van der Waals surface area contributed by atoms with E-state index in [-0.39, 0.29) is 0 Å². The Kier molecular flexibility index (Phi) is 3.73. The van der Waals surface area contributed by atoms with Crippen molar-refractivity contribution >= 4 is 6.29 Å². The third-order valence-electron chi connectivity index (χ3n) is 3.23. The molecule has 86 valence electrons. The van der Waals surface area contributed by atoms with Gasteiger partial charge >= 0.3 is 0 Å². The summed E-state index contributed by atoms with van der Waals surface area (Å²) in [5.74, 6) is 0.808. The fourth-order valence-electron chi connectivity index (χ4n) is 2.45. The highest BCUT2D eigenvalue weighted by Gasteiger charge is 2.16. The first-order valence-corrected chi connectivity index (χ1v) is 6.04. The highest BCUT2D eigenvalue weighted by atomic mass is 16.1. The number of likely N-dealkylation sites (tertiary alicyclic amines) is 1. The molecule has 2 heteroatoms. The van der Waals surface area contributed by atoms with Crippen LogP contribution >= 0.6 is 0 Å². The van der Waals surface area contributed by atoms with Crippen molar-refractivity contribution in [3.8, 4) is 0 Å². The van der Waals surface area contributed by atoms with Gasteiger partial charge in [0.25, 0.3) is 0 Å². The first kappa shape index (κ1) is 11.3. The van der Waals surface area contributed by atoms with E-state index in [1.54, 1.807) is 0 Å². The van der Waals surface area contributed by atoms with Crippen molar-refractivity contribution in [1.29, 1.82) is 0 Å². The molecular weight excluding hydrogens is 198 g/mol. The van der Waals surface area contributed by atoms with E-state index in [9.17, 15) is 4.79 Å². The average molecular weight is 217 g/mol. The summed E-state index contributed by atoms with van der Waals surface area (Å²) in [6, 6.07) is 7.92. The lowest BCUT2D eigenvalue weighted by atomic mass is 9.99. The molecule has 0 amide bonds. The van der Waals surface area contributed by atoms with Gasteiger partial charge in [-0.2, -0.15) is 0 Å². The molecule has 1 fully saturated rings. The summed E-state index contributed by atoms with van der Waals surface area (Å²) in [5.41, 5.74) is 2.03. The third-order valence-corrected chi connectivity index (χ3v) is 3.23. The second kappa shape index (κ2) is 5.26. The maximum atomic E-state index is 10.7. The molecule has 0 radical (unpaired) electrons. The molecule has 0 bridgehead atoms. The number of hydrogen-bond acceptors (Lipinski definition) is 2. The van der Waals surface area contributed by atoms with Crippen molar-refractivity contribution in [2.45, 2.75) is 26.3 Å². The van der Waals surface area contributed by atoms with Crippen molar-refractivity contribution in [3.05, 3.63) is 35.4 Å². The van der Waals surface area contributed by atoms with Crippen LogP contribution in [0.5, 0.6) is 0 Å². The molecule has 1 atom stereocenters. The quantitative estimate of drug-likeness (QED) is 0.726. The van der Waals surface area contributed by atoms with Crippen LogP contribution < -0.4 is 0 Å². The predicted octanol–water partition coefficient (Wildman–Crippen LogP) is 2.73. The second-order valence-electron chi connectivity index (χ2n) is 4.85. The van der Waals surface area contributed by atoms with E-state index in [0.717, 1.165) is 24.3 Å². The summed E-state index contributed by atoms with van der Waals surface area (Å²) in [6.07, 6.45) is 3.57. The van der Waals surface area contributed by atoms with Gasteiger partial charge in [-0.05, 0) is 36.9 Å². The van der Waals surface area contributed by atoms with E-state index in [1.807, 2.05) is 18.2 Å². The Morgan fingerprint density at radius 1 is 1.50 bits per heavy atom. The van der Waals surface area contributed by atoms with Crippen LogP contribution in [0.4, 0.5) is 0 Å². The van der Waals surface area contributed by atoms with Crippen molar-refractivity contribution in [2.24, 2.45) is 5.92 Å². The number of rotatable bonds is 3. The zero-order valence-corrected chi connectivity index (χ0v) is 9.86. The van der Waals surface area contributed by atoms with Gasteiger partial charge in [0, 0.05) is 18.7 Å². The monoisotopic (exact) mass is 217 g/mol. The van der Waals surface area contributed by atoms with Gasteiger partial charge in [0.15, 0.2) is 0 Å². The molecule has 0 saturated carbocycles. The number of nitrogens with zero attached hydrogens (tertiary/aromatic N) is 1. The van der Waals surface area contributed by atoms with Gasteiger partial charge in [0.1, 0.15) is 6.29 Å². The molecule has 0 N–H and O–H groups in total. The van der Waals surface area contributed by atoms with Gasteiger partial charge in [0.2, 0.25) is 0 Å². The van der Waals surface area contributed by atoms with Crippen molar-refractivity contribution in [2.75, 3.05) is 13.1 Å². The minimum atomic E-state index is 0.780. The third kappa shape index (κ3) is 2.92. The van der Waals surface area contributed by atoms with E-state index in [0.29, 0.717) is 0 Å². The van der Waals surface area contributed by atoms with Crippen molar-refractivity contribution in [1.82, 2.24) is 4.90 Å². The molecule has 2 nitrogen and oxygen atoms in total. The maximum absolute atomic E-state index is 10.7. The smallest absolute Gasteiger partial charge is 0.150 e. The molecule has 1 heterocycles. The van der Waals surface area contributed by atoms with Crippen LogP contribution in [0.15, 0.2) is 24.3 Å². The van der Waals surface area contributed by atoms with E-state index in [1.165, 1.54) is 31.5 Å². The highest BCUT2D eigenvalue weighted by molar-refractivity contribution is 5.74. The van der Waals surface area contributed by atoms with E-state index >= 15 is 0 Å². The van der Waals surface area contributed by atoms with Gasteiger partial charge in [-0.3, -0.25) is 9.69 Å². The topological polar surface area (TPSA) is 20.3 Å². The summed E-state index contributed by atoms with van der Waals surface area (Å²) in [7, 11) is 0. The van der Waals surface area contributed by atoms with Crippen LogP contribution in [0.2, 0.25) is 0 Å². The molecule has 1 aliphatic heterocycles. The molecule has 1 aliphatic rings. The summed E-state index contributed by atoms with van der Waals surface area (Å²) < 4.78 is 0. The van der Waals surface area contributed by atoms with Gasteiger partial charge in [-0.1, -0.05) is 25.1 Å². The van der Waals surface area contributed by atoms with Gasteiger partial charge in [-0.25, -0.2) is 0 Å². The van der Waals surface area contributed by atoms with Crippen LogP contribution in [0.3, 0.4) is 0 Å². The maximum Gasteiger partial charge on any atom is 0.150 e. The van der Waals surface area contributed by atoms with E-state index in [4.69, 9.17) is 0 Å². The summed E-state index contributed by atoms with van der Waals surface area (Å²) in [5, 5.41) is 0. The first-order valence-electron chi connectivity index (χ1n) is 6.04. The summed E-state index contributed by atoms with van der Waals surface area (Å²) in [4.78, 5) is 13.2. The van der Waals surface area contributed by atoms with Crippen molar-refractivity contribution in [3.63, 3.8) is 0 Å². The van der Waals surface area contributed by atoms with Gasteiger partial charge < -0.3 is 0 Å². The molecular formula is C14H19NO. The number of carbonyl (C=O) groups excluding carboxylic acids is 1. The van der Waals surface area contributed by atoms with Crippen LogP contribution in [0, 0.1) is 5.92 Å². The number of benzene rings is 1. The van der Waals surface area contributed by atoms with Crippen LogP contribution in [0.25, 0.3) is 0 Å². The first-order chi connectivity index (χ1) is 7.78. The number of piperidine rings is 1. The van der Waals surface area contributed by atoms with E-state index < -0.39 is 0 Å². The molecule has 2 rings (SSSR count). The average Bonchev–Trinajstić information content (AvgIpc) is 2.29. The molecule has 1 unspecified atom stereocenters. The lowest BCUT2D eigenvalue weighted by Gasteiger charge is -2.30. The van der Waals surface area contributed by atoms with Crippen LogP contribution in [-0.4, -0.2) is 24.3 Å². The van der Waals surface area contributed by atoms with Gasteiger partial charge in [0.05, 0.1) is 0 Å². The molecule has 1 aromatic carbocycles. The Balaban J connectivity index is 1.99. The zero-order chi connectivity index (χ0) is 11.4. The second-order valence-corrected chi connectivity index (χ2v) is 4.85.